The van der Waals surface area contributed by atoms with Crippen LogP contribution in [0.2, 0.25) is 0 Å². The first-order valence-electron chi connectivity index (χ1n) is 4.71. The normalized spacial score (nSPS) is 14.3. The summed E-state index contributed by atoms with van der Waals surface area (Å²) in [6.45, 7) is 3.75. The monoisotopic (exact) mass is 202 g/mol. The second-order valence-corrected chi connectivity index (χ2v) is 3.30. The van der Waals surface area contributed by atoms with Gasteiger partial charge in [0.2, 0.25) is 0 Å². The van der Waals surface area contributed by atoms with Crippen LogP contribution in [-0.4, -0.2) is 26.2 Å². The number of esters is 2. The predicted molar refractivity (Wildman–Crippen MR) is 51.6 cm³/mol. The number of ether oxygens (including phenoxy) is 2. The standard InChI is InChI=1S/C10H18O4/c1-5-8(10(12)14-4)7(2)6-9(11)13-3/h7-8H,5-6H2,1-4H3/t7-,8+/m1/s1. The number of hydrogen-bond donors (Lipinski definition) is 0. The van der Waals surface area contributed by atoms with E-state index in [0.717, 1.165) is 0 Å². The summed E-state index contributed by atoms with van der Waals surface area (Å²) in [5.74, 6) is -0.817. The lowest BCUT2D eigenvalue weighted by atomic mass is 9.89. The first kappa shape index (κ1) is 12.9. The summed E-state index contributed by atoms with van der Waals surface area (Å²) in [4.78, 5) is 22.3. The zero-order valence-corrected chi connectivity index (χ0v) is 9.20. The Morgan fingerprint density at radius 1 is 1.21 bits per heavy atom. The first-order chi connectivity index (χ1) is 6.56. The molecular weight excluding hydrogens is 184 g/mol. The Balaban J connectivity index is 4.23. The highest BCUT2D eigenvalue weighted by Crippen LogP contribution is 2.20. The van der Waals surface area contributed by atoms with Crippen molar-refractivity contribution in [3.63, 3.8) is 0 Å². The molecule has 0 saturated heterocycles. The van der Waals surface area contributed by atoms with Gasteiger partial charge in [0.15, 0.2) is 0 Å². The summed E-state index contributed by atoms with van der Waals surface area (Å²) in [5, 5.41) is 0. The fraction of sp³-hybridized carbons (Fsp3) is 0.800. The molecule has 0 spiro atoms. The molecule has 2 atom stereocenters. The van der Waals surface area contributed by atoms with Gasteiger partial charge in [0.05, 0.1) is 20.1 Å². The molecule has 0 N–H and O–H groups in total. The summed E-state index contributed by atoms with van der Waals surface area (Å²) in [6.07, 6.45) is 0.926. The van der Waals surface area contributed by atoms with Crippen LogP contribution in [0, 0.1) is 11.8 Å². The second-order valence-electron chi connectivity index (χ2n) is 3.30. The van der Waals surface area contributed by atoms with Gasteiger partial charge in [0, 0.05) is 6.42 Å². The quantitative estimate of drug-likeness (QED) is 0.632. The molecule has 4 heteroatoms. The molecule has 0 aliphatic carbocycles. The van der Waals surface area contributed by atoms with Crippen molar-refractivity contribution in [2.45, 2.75) is 26.7 Å². The Bertz CT molecular complexity index is 200. The van der Waals surface area contributed by atoms with Crippen LogP contribution in [0.3, 0.4) is 0 Å². The summed E-state index contributed by atoms with van der Waals surface area (Å²) in [5.41, 5.74) is 0. The van der Waals surface area contributed by atoms with E-state index in [1.807, 2.05) is 13.8 Å². The van der Waals surface area contributed by atoms with Crippen molar-refractivity contribution >= 4 is 11.9 Å². The third-order valence-electron chi connectivity index (χ3n) is 2.35. The molecule has 0 bridgehead atoms. The molecule has 0 heterocycles. The van der Waals surface area contributed by atoms with Crippen molar-refractivity contribution < 1.29 is 19.1 Å². The van der Waals surface area contributed by atoms with Crippen LogP contribution in [0.1, 0.15) is 26.7 Å². The molecule has 0 saturated carbocycles. The van der Waals surface area contributed by atoms with Gasteiger partial charge in [-0.3, -0.25) is 9.59 Å². The Labute approximate surface area is 84.6 Å². The lowest BCUT2D eigenvalue weighted by molar-refractivity contribution is -0.149. The van der Waals surface area contributed by atoms with Crippen LogP contribution >= 0.6 is 0 Å². The van der Waals surface area contributed by atoms with E-state index in [9.17, 15) is 9.59 Å². The topological polar surface area (TPSA) is 52.6 Å². The lowest BCUT2D eigenvalue weighted by Gasteiger charge is -2.18. The molecule has 0 amide bonds. The third-order valence-corrected chi connectivity index (χ3v) is 2.35. The van der Waals surface area contributed by atoms with Crippen LogP contribution in [-0.2, 0) is 19.1 Å². The molecule has 0 radical (unpaired) electrons. The molecule has 0 rings (SSSR count). The van der Waals surface area contributed by atoms with Crippen molar-refractivity contribution in [2.75, 3.05) is 14.2 Å². The molecule has 0 aromatic heterocycles. The molecular formula is C10H18O4. The Morgan fingerprint density at radius 3 is 2.14 bits per heavy atom. The minimum atomic E-state index is -0.292. The summed E-state index contributed by atoms with van der Waals surface area (Å²) in [6, 6.07) is 0. The van der Waals surface area contributed by atoms with Crippen LogP contribution < -0.4 is 0 Å². The summed E-state index contributed by atoms with van der Waals surface area (Å²) in [7, 11) is 2.70. The molecule has 0 fully saturated rings. The Kier molecular flexibility index (Phi) is 5.92. The van der Waals surface area contributed by atoms with E-state index in [1.54, 1.807) is 0 Å². The predicted octanol–water partition coefficient (Wildman–Crippen LogP) is 1.38. The van der Waals surface area contributed by atoms with Gasteiger partial charge in [-0.25, -0.2) is 0 Å². The van der Waals surface area contributed by atoms with Crippen LogP contribution in [0.25, 0.3) is 0 Å². The van der Waals surface area contributed by atoms with Gasteiger partial charge in [-0.05, 0) is 12.3 Å². The Morgan fingerprint density at radius 2 is 1.79 bits per heavy atom. The van der Waals surface area contributed by atoms with Crippen molar-refractivity contribution in [3.05, 3.63) is 0 Å². The molecule has 0 aromatic rings. The van der Waals surface area contributed by atoms with Crippen LogP contribution in [0.4, 0.5) is 0 Å². The van der Waals surface area contributed by atoms with Gasteiger partial charge in [0.1, 0.15) is 0 Å². The Hall–Kier alpha value is -1.06. The minimum absolute atomic E-state index is 0.0418. The fourth-order valence-corrected chi connectivity index (χ4v) is 1.44. The van der Waals surface area contributed by atoms with E-state index in [0.29, 0.717) is 6.42 Å². The smallest absolute Gasteiger partial charge is 0.308 e. The van der Waals surface area contributed by atoms with Gasteiger partial charge in [0.25, 0.3) is 0 Å². The van der Waals surface area contributed by atoms with Gasteiger partial charge < -0.3 is 9.47 Å². The van der Waals surface area contributed by atoms with Gasteiger partial charge in [-0.15, -0.1) is 0 Å². The maximum absolute atomic E-state index is 11.3. The van der Waals surface area contributed by atoms with Gasteiger partial charge >= 0.3 is 11.9 Å². The van der Waals surface area contributed by atoms with E-state index >= 15 is 0 Å². The van der Waals surface area contributed by atoms with E-state index in [2.05, 4.69) is 9.47 Å². The molecule has 0 aromatic carbocycles. The average molecular weight is 202 g/mol. The maximum Gasteiger partial charge on any atom is 0.308 e. The largest absolute Gasteiger partial charge is 0.469 e. The lowest BCUT2D eigenvalue weighted by Crippen LogP contribution is -2.24. The van der Waals surface area contributed by atoms with Crippen molar-refractivity contribution in [1.82, 2.24) is 0 Å². The van der Waals surface area contributed by atoms with Crippen molar-refractivity contribution in [3.8, 4) is 0 Å². The average Bonchev–Trinajstić information content (AvgIpc) is 2.18. The van der Waals surface area contributed by atoms with E-state index in [1.165, 1.54) is 14.2 Å². The van der Waals surface area contributed by atoms with Crippen LogP contribution in [0.15, 0.2) is 0 Å². The van der Waals surface area contributed by atoms with Crippen molar-refractivity contribution in [1.29, 1.82) is 0 Å². The highest BCUT2D eigenvalue weighted by Gasteiger charge is 2.26. The molecule has 14 heavy (non-hydrogen) atoms. The van der Waals surface area contributed by atoms with E-state index < -0.39 is 0 Å². The number of methoxy groups -OCH3 is 2. The second kappa shape index (κ2) is 6.40. The zero-order valence-electron chi connectivity index (χ0n) is 9.20. The summed E-state index contributed by atoms with van der Waals surface area (Å²) < 4.78 is 9.19. The van der Waals surface area contributed by atoms with Crippen molar-refractivity contribution in [2.24, 2.45) is 11.8 Å². The van der Waals surface area contributed by atoms with Gasteiger partial charge in [-0.1, -0.05) is 13.8 Å². The number of hydrogen-bond acceptors (Lipinski definition) is 4. The summed E-state index contributed by atoms with van der Waals surface area (Å²) >= 11 is 0. The van der Waals surface area contributed by atoms with Crippen LogP contribution in [0.5, 0.6) is 0 Å². The molecule has 82 valence electrons. The van der Waals surface area contributed by atoms with E-state index in [-0.39, 0.29) is 30.2 Å². The molecule has 4 nitrogen and oxygen atoms in total. The fourth-order valence-electron chi connectivity index (χ4n) is 1.44. The number of carbonyl (C=O) groups is 2. The first-order valence-corrected chi connectivity index (χ1v) is 4.71. The number of carbonyl (C=O) groups excluding carboxylic acids is 2. The highest BCUT2D eigenvalue weighted by molar-refractivity contribution is 5.75. The van der Waals surface area contributed by atoms with Gasteiger partial charge in [-0.2, -0.15) is 0 Å². The molecule has 0 unspecified atom stereocenters. The highest BCUT2D eigenvalue weighted by atomic mass is 16.5. The zero-order chi connectivity index (χ0) is 11.1. The molecule has 0 aliphatic heterocycles. The maximum atomic E-state index is 11.3. The number of rotatable bonds is 5. The molecule has 0 aliphatic rings. The third kappa shape index (κ3) is 3.77. The minimum Gasteiger partial charge on any atom is -0.469 e. The van der Waals surface area contributed by atoms with E-state index in [4.69, 9.17) is 0 Å². The SMILES string of the molecule is CC[C@H](C(=O)OC)[C@H](C)CC(=O)OC.